The summed E-state index contributed by atoms with van der Waals surface area (Å²) in [4.78, 5) is 16.4. The molecule has 2 atom stereocenters. The second-order valence-electron chi connectivity index (χ2n) is 9.35. The lowest BCUT2D eigenvalue weighted by Crippen LogP contribution is -2.31. The highest BCUT2D eigenvalue weighted by atomic mass is 32.2. The Labute approximate surface area is 199 Å². The Morgan fingerprint density at radius 3 is 2.53 bits per heavy atom. The molecule has 3 heterocycles. The highest BCUT2D eigenvalue weighted by molar-refractivity contribution is 7.92. The van der Waals surface area contributed by atoms with E-state index in [1.165, 1.54) is 6.08 Å². The molecule has 178 valence electrons. The number of fused-ring (bicyclic) bond motifs is 2. The molecule has 0 saturated carbocycles. The molecule has 34 heavy (non-hydrogen) atoms. The monoisotopic (exact) mass is 480 g/mol. The summed E-state index contributed by atoms with van der Waals surface area (Å²) in [5.41, 5.74) is 3.21. The van der Waals surface area contributed by atoms with Gasteiger partial charge in [0.15, 0.2) is 11.4 Å². The third kappa shape index (κ3) is 4.10. The van der Waals surface area contributed by atoms with E-state index in [0.29, 0.717) is 28.4 Å². The lowest BCUT2D eigenvalue weighted by atomic mass is 10.0. The van der Waals surface area contributed by atoms with Gasteiger partial charge in [-0.25, -0.2) is 8.42 Å². The number of hydrogen-bond donors (Lipinski definition) is 1. The van der Waals surface area contributed by atoms with Crippen LogP contribution in [-0.4, -0.2) is 55.5 Å². The van der Waals surface area contributed by atoms with Crippen LogP contribution in [0.2, 0.25) is 0 Å². The molecule has 1 aromatic heterocycles. The van der Waals surface area contributed by atoms with Crippen LogP contribution >= 0.6 is 0 Å². The Kier molecular flexibility index (Phi) is 5.69. The van der Waals surface area contributed by atoms with Crippen LogP contribution in [0.3, 0.4) is 0 Å². The normalized spacial score (nSPS) is 20.6. The Hall–Kier alpha value is -3.17. The summed E-state index contributed by atoms with van der Waals surface area (Å²) in [6.45, 7) is 11.5. The molecule has 0 spiro atoms. The number of benzene rings is 2. The van der Waals surface area contributed by atoms with Crippen LogP contribution in [0.15, 0.2) is 58.5 Å². The van der Waals surface area contributed by atoms with Gasteiger partial charge in [0, 0.05) is 32.7 Å². The fourth-order valence-corrected chi connectivity index (χ4v) is 6.58. The number of aromatic nitrogens is 1. The number of likely N-dealkylation sites (tertiary alicyclic amines) is 2. The Morgan fingerprint density at radius 1 is 1.15 bits per heavy atom. The highest BCUT2D eigenvalue weighted by Crippen LogP contribution is 2.34. The first kappa shape index (κ1) is 22.6. The first-order valence-electron chi connectivity index (χ1n) is 11.4. The van der Waals surface area contributed by atoms with Gasteiger partial charge in [0.25, 0.3) is 10.0 Å². The van der Waals surface area contributed by atoms with E-state index < -0.39 is 10.0 Å². The van der Waals surface area contributed by atoms with E-state index in [1.54, 1.807) is 31.2 Å². The van der Waals surface area contributed by atoms with Crippen molar-refractivity contribution in [3.63, 3.8) is 0 Å². The minimum Gasteiger partial charge on any atom is -0.354 e. The zero-order valence-corrected chi connectivity index (χ0v) is 20.1. The number of rotatable bonds is 6. The van der Waals surface area contributed by atoms with Crippen LogP contribution in [0.25, 0.3) is 11.0 Å². The number of aryl methyl sites for hydroxylation is 2. The van der Waals surface area contributed by atoms with Crippen molar-refractivity contribution in [2.45, 2.75) is 25.3 Å². The molecule has 1 amide bonds. The van der Waals surface area contributed by atoms with Gasteiger partial charge in [-0.1, -0.05) is 36.0 Å². The number of amides is 1. The predicted octanol–water partition coefficient (Wildman–Crippen LogP) is 3.32. The average molecular weight is 481 g/mol. The molecule has 0 radical (unpaired) electrons. The van der Waals surface area contributed by atoms with E-state index in [4.69, 9.17) is 4.52 Å². The van der Waals surface area contributed by atoms with E-state index in [2.05, 4.69) is 27.4 Å². The first-order valence-corrected chi connectivity index (χ1v) is 12.8. The summed E-state index contributed by atoms with van der Waals surface area (Å²) < 4.78 is 34.0. The van der Waals surface area contributed by atoms with Crippen molar-refractivity contribution in [1.82, 2.24) is 15.0 Å². The molecule has 2 aliphatic rings. The second-order valence-corrected chi connectivity index (χ2v) is 11.0. The van der Waals surface area contributed by atoms with Crippen LogP contribution in [0, 0.1) is 25.7 Å². The van der Waals surface area contributed by atoms with Crippen molar-refractivity contribution in [2.75, 3.05) is 30.9 Å². The Bertz CT molecular complexity index is 1370. The number of carbonyl (C=O) groups excluding carboxylic acids is 1. The van der Waals surface area contributed by atoms with Crippen molar-refractivity contribution < 1.29 is 17.7 Å². The molecule has 2 aromatic carbocycles. The van der Waals surface area contributed by atoms with Crippen molar-refractivity contribution in [2.24, 2.45) is 11.8 Å². The van der Waals surface area contributed by atoms with E-state index in [-0.39, 0.29) is 16.6 Å². The molecule has 1 N–H and O–H groups in total. The van der Waals surface area contributed by atoms with Crippen molar-refractivity contribution in [3.05, 3.63) is 65.7 Å². The van der Waals surface area contributed by atoms with E-state index in [0.717, 1.165) is 43.9 Å². The van der Waals surface area contributed by atoms with Crippen molar-refractivity contribution >= 4 is 32.7 Å². The van der Waals surface area contributed by atoms with Gasteiger partial charge in [-0.05, 0) is 60.6 Å². The van der Waals surface area contributed by atoms with Gasteiger partial charge >= 0.3 is 0 Å². The number of hydrogen-bond acceptors (Lipinski definition) is 6. The number of carbonyl (C=O) groups is 1. The standard InChI is InChI=1S/C25H28N4O4S/c1-4-23(30)29-14-19-12-28(13-20(19)15-29)11-18-9-17(3)24-21(10-18)33-26-25(24)27-34(31,32)22-8-6-5-7-16(22)2/h4-10,19-20H,1,11-15H2,2-3H3,(H,26,27)/t19-,20+. The number of anilines is 1. The fourth-order valence-electron chi connectivity index (χ4n) is 5.33. The minimum atomic E-state index is -3.79. The maximum Gasteiger partial charge on any atom is 0.263 e. The Balaban J connectivity index is 1.32. The quantitative estimate of drug-likeness (QED) is 0.544. The zero-order chi connectivity index (χ0) is 24.0. The molecule has 5 rings (SSSR count). The molecule has 0 aliphatic carbocycles. The van der Waals surface area contributed by atoms with Crippen molar-refractivity contribution in [3.8, 4) is 0 Å². The maximum absolute atomic E-state index is 12.9. The predicted molar refractivity (Wildman–Crippen MR) is 130 cm³/mol. The van der Waals surface area contributed by atoms with Crippen LogP contribution < -0.4 is 4.72 Å². The maximum atomic E-state index is 12.9. The SMILES string of the molecule is C=CC(=O)N1C[C@H]2CN(Cc3cc(C)c4c(NS(=O)(=O)c5ccccc5C)noc4c3)C[C@H]2C1. The average Bonchev–Trinajstić information content (AvgIpc) is 3.47. The van der Waals surface area contributed by atoms with E-state index in [9.17, 15) is 13.2 Å². The van der Waals surface area contributed by atoms with Gasteiger partial charge in [0.05, 0.1) is 10.3 Å². The molecular formula is C25H28N4O4S. The number of nitrogens with one attached hydrogen (secondary N) is 1. The third-order valence-corrected chi connectivity index (χ3v) is 8.40. The van der Waals surface area contributed by atoms with Crippen LogP contribution in [0.5, 0.6) is 0 Å². The summed E-state index contributed by atoms with van der Waals surface area (Å²) in [7, 11) is -3.79. The summed E-state index contributed by atoms with van der Waals surface area (Å²) in [5, 5.41) is 4.69. The van der Waals surface area contributed by atoms with Gasteiger partial charge in [0.2, 0.25) is 5.91 Å². The molecular weight excluding hydrogens is 452 g/mol. The zero-order valence-electron chi connectivity index (χ0n) is 19.3. The smallest absolute Gasteiger partial charge is 0.263 e. The number of nitrogens with zero attached hydrogens (tertiary/aromatic N) is 3. The highest BCUT2D eigenvalue weighted by Gasteiger charge is 2.40. The Morgan fingerprint density at radius 2 is 1.85 bits per heavy atom. The lowest BCUT2D eigenvalue weighted by Gasteiger charge is -2.21. The fraction of sp³-hybridized carbons (Fsp3) is 0.360. The molecule has 9 heteroatoms. The molecule has 8 nitrogen and oxygen atoms in total. The van der Waals surface area contributed by atoms with Crippen LogP contribution in [0.1, 0.15) is 16.7 Å². The van der Waals surface area contributed by atoms with Crippen molar-refractivity contribution in [1.29, 1.82) is 0 Å². The number of sulfonamides is 1. The summed E-state index contributed by atoms with van der Waals surface area (Å²) in [6, 6.07) is 10.8. The summed E-state index contributed by atoms with van der Waals surface area (Å²) in [6.07, 6.45) is 1.39. The van der Waals surface area contributed by atoms with Gasteiger partial charge in [0.1, 0.15) is 0 Å². The molecule has 2 aliphatic heterocycles. The molecule has 0 bridgehead atoms. The third-order valence-electron chi connectivity index (χ3n) is 6.90. The van der Waals surface area contributed by atoms with Crippen LogP contribution in [0.4, 0.5) is 5.82 Å². The molecule has 3 aromatic rings. The topological polar surface area (TPSA) is 95.8 Å². The molecule has 0 unspecified atom stereocenters. The summed E-state index contributed by atoms with van der Waals surface area (Å²) >= 11 is 0. The molecule has 2 saturated heterocycles. The van der Waals surface area contributed by atoms with Crippen LogP contribution in [-0.2, 0) is 21.4 Å². The van der Waals surface area contributed by atoms with Gasteiger partial charge in [-0.2, -0.15) is 0 Å². The van der Waals surface area contributed by atoms with Gasteiger partial charge in [-0.3, -0.25) is 14.4 Å². The molecule has 2 fully saturated rings. The van der Waals surface area contributed by atoms with Gasteiger partial charge < -0.3 is 9.42 Å². The van der Waals surface area contributed by atoms with E-state index in [1.807, 2.05) is 17.9 Å². The first-order chi connectivity index (χ1) is 16.2. The summed E-state index contributed by atoms with van der Waals surface area (Å²) in [5.74, 6) is 1.19. The minimum absolute atomic E-state index is 0.0150. The van der Waals surface area contributed by atoms with E-state index >= 15 is 0 Å². The lowest BCUT2D eigenvalue weighted by molar-refractivity contribution is -0.125. The largest absolute Gasteiger partial charge is 0.354 e. The van der Waals surface area contributed by atoms with Gasteiger partial charge in [-0.15, -0.1) is 0 Å². The second kappa shape index (κ2) is 8.56.